The van der Waals surface area contributed by atoms with E-state index in [1.165, 1.54) is 32.1 Å². The van der Waals surface area contributed by atoms with Crippen molar-refractivity contribution in [2.24, 2.45) is 11.7 Å². The number of rotatable bonds is 4. The number of benzene rings is 1. The van der Waals surface area contributed by atoms with E-state index < -0.39 is 0 Å². The lowest BCUT2D eigenvalue weighted by molar-refractivity contribution is 0.0709. The smallest absolute Gasteiger partial charge is 0.253 e. The third-order valence-electron chi connectivity index (χ3n) is 5.06. The van der Waals surface area contributed by atoms with Crippen molar-refractivity contribution in [3.8, 4) is 5.75 Å². The molecule has 4 heteroatoms. The topological polar surface area (TPSA) is 55.6 Å². The molecule has 1 aliphatic heterocycles. The Morgan fingerprint density at radius 3 is 2.52 bits per heavy atom. The molecule has 1 unspecified atom stereocenters. The summed E-state index contributed by atoms with van der Waals surface area (Å²) < 4.78 is 5.90. The molecule has 4 nitrogen and oxygen atoms in total. The number of likely N-dealkylation sites (tertiary alicyclic amines) is 1. The van der Waals surface area contributed by atoms with E-state index in [-0.39, 0.29) is 11.9 Å². The fourth-order valence-corrected chi connectivity index (χ4v) is 3.64. The van der Waals surface area contributed by atoms with Gasteiger partial charge in [0, 0.05) is 24.7 Å². The van der Waals surface area contributed by atoms with Crippen LogP contribution in [0.25, 0.3) is 0 Å². The summed E-state index contributed by atoms with van der Waals surface area (Å²) in [5.41, 5.74) is 6.69. The van der Waals surface area contributed by atoms with E-state index in [0.29, 0.717) is 12.5 Å². The molecule has 2 N–H and O–H groups in total. The highest BCUT2D eigenvalue weighted by Crippen LogP contribution is 2.25. The van der Waals surface area contributed by atoms with Gasteiger partial charge in [0.05, 0.1) is 6.61 Å². The number of amides is 1. The van der Waals surface area contributed by atoms with Crippen LogP contribution < -0.4 is 10.5 Å². The highest BCUT2D eigenvalue weighted by Gasteiger charge is 2.22. The molecule has 1 heterocycles. The summed E-state index contributed by atoms with van der Waals surface area (Å²) >= 11 is 0. The van der Waals surface area contributed by atoms with E-state index in [0.717, 1.165) is 37.3 Å². The third kappa shape index (κ3) is 4.47. The van der Waals surface area contributed by atoms with Gasteiger partial charge in [0.1, 0.15) is 5.75 Å². The summed E-state index contributed by atoms with van der Waals surface area (Å²) in [7, 11) is 0. The van der Waals surface area contributed by atoms with E-state index in [2.05, 4.69) is 0 Å². The molecule has 1 saturated carbocycles. The minimum Gasteiger partial charge on any atom is -0.493 e. The number of ether oxygens (including phenoxy) is 1. The van der Waals surface area contributed by atoms with Crippen molar-refractivity contribution in [2.45, 2.75) is 51.0 Å². The summed E-state index contributed by atoms with van der Waals surface area (Å²) in [5.74, 6) is 1.64. The molecule has 3 rings (SSSR count). The van der Waals surface area contributed by atoms with E-state index in [1.807, 2.05) is 29.2 Å². The molecule has 1 amide bonds. The highest BCUT2D eigenvalue weighted by molar-refractivity contribution is 5.94. The van der Waals surface area contributed by atoms with Crippen molar-refractivity contribution in [2.75, 3.05) is 19.7 Å². The van der Waals surface area contributed by atoms with Crippen LogP contribution in [0.3, 0.4) is 0 Å². The van der Waals surface area contributed by atoms with Crippen LogP contribution in [-0.2, 0) is 0 Å². The van der Waals surface area contributed by atoms with Gasteiger partial charge in [-0.15, -0.1) is 0 Å². The van der Waals surface area contributed by atoms with Crippen LogP contribution in [0.2, 0.25) is 0 Å². The molecule has 1 aromatic rings. The molecule has 0 bridgehead atoms. The van der Waals surface area contributed by atoms with Gasteiger partial charge in [0.25, 0.3) is 5.91 Å². The Labute approximate surface area is 139 Å². The molecular weight excluding hydrogens is 288 g/mol. The average Bonchev–Trinajstić information content (AvgIpc) is 2.61. The van der Waals surface area contributed by atoms with Crippen molar-refractivity contribution < 1.29 is 9.53 Å². The number of hydrogen-bond acceptors (Lipinski definition) is 3. The molecule has 0 aromatic heterocycles. The van der Waals surface area contributed by atoms with Gasteiger partial charge in [-0.2, -0.15) is 0 Å². The van der Waals surface area contributed by atoms with E-state index >= 15 is 0 Å². The molecule has 1 aliphatic carbocycles. The Bertz CT molecular complexity index is 509. The largest absolute Gasteiger partial charge is 0.493 e. The van der Waals surface area contributed by atoms with Gasteiger partial charge < -0.3 is 15.4 Å². The van der Waals surface area contributed by atoms with Gasteiger partial charge in [-0.3, -0.25) is 4.79 Å². The zero-order chi connectivity index (χ0) is 16.1. The Hall–Kier alpha value is -1.55. The number of hydrogen-bond donors (Lipinski definition) is 1. The zero-order valence-corrected chi connectivity index (χ0v) is 13.9. The van der Waals surface area contributed by atoms with Gasteiger partial charge >= 0.3 is 0 Å². The van der Waals surface area contributed by atoms with Crippen molar-refractivity contribution in [1.29, 1.82) is 0 Å². The third-order valence-corrected chi connectivity index (χ3v) is 5.06. The van der Waals surface area contributed by atoms with Crippen molar-refractivity contribution in [3.63, 3.8) is 0 Å². The van der Waals surface area contributed by atoms with E-state index in [1.54, 1.807) is 0 Å². The van der Waals surface area contributed by atoms with Crippen molar-refractivity contribution in [3.05, 3.63) is 29.8 Å². The summed E-state index contributed by atoms with van der Waals surface area (Å²) in [6.07, 6.45) is 8.61. The molecule has 126 valence electrons. The van der Waals surface area contributed by atoms with Gasteiger partial charge in [-0.05, 0) is 55.9 Å². The maximum Gasteiger partial charge on any atom is 0.253 e. The Balaban J connectivity index is 1.52. The van der Waals surface area contributed by atoms with Gasteiger partial charge in [0.2, 0.25) is 0 Å². The number of carbonyl (C=O) groups excluding carboxylic acids is 1. The zero-order valence-electron chi connectivity index (χ0n) is 13.9. The molecule has 1 aromatic carbocycles. The standard InChI is InChI=1S/C19H28N2O2/c20-17-7-4-12-21(13-17)19(22)16-8-10-18(11-9-16)23-14-15-5-2-1-3-6-15/h8-11,15,17H,1-7,12-14,20H2. The average molecular weight is 316 g/mol. The summed E-state index contributed by atoms with van der Waals surface area (Å²) in [6.45, 7) is 2.28. The first-order valence-corrected chi connectivity index (χ1v) is 9.00. The molecular formula is C19H28N2O2. The Morgan fingerprint density at radius 2 is 1.83 bits per heavy atom. The maximum absolute atomic E-state index is 12.5. The van der Waals surface area contributed by atoms with E-state index in [4.69, 9.17) is 10.5 Å². The number of nitrogens with zero attached hydrogens (tertiary/aromatic N) is 1. The maximum atomic E-state index is 12.5. The first-order valence-electron chi connectivity index (χ1n) is 9.00. The second-order valence-corrected chi connectivity index (χ2v) is 6.99. The van der Waals surface area contributed by atoms with Crippen LogP contribution in [0.15, 0.2) is 24.3 Å². The van der Waals surface area contributed by atoms with E-state index in [9.17, 15) is 4.79 Å². The fraction of sp³-hybridized carbons (Fsp3) is 0.632. The normalized spacial score (nSPS) is 22.8. The summed E-state index contributed by atoms with van der Waals surface area (Å²) in [6, 6.07) is 7.70. The molecule has 1 saturated heterocycles. The number of piperidine rings is 1. The first kappa shape index (κ1) is 16.3. The van der Waals surface area contributed by atoms with Crippen LogP contribution in [0.5, 0.6) is 5.75 Å². The number of nitrogens with two attached hydrogens (primary N) is 1. The van der Waals surface area contributed by atoms with Crippen molar-refractivity contribution >= 4 is 5.91 Å². The fourth-order valence-electron chi connectivity index (χ4n) is 3.64. The molecule has 23 heavy (non-hydrogen) atoms. The second-order valence-electron chi connectivity index (χ2n) is 6.99. The molecule has 2 aliphatic rings. The van der Waals surface area contributed by atoms with Crippen LogP contribution in [-0.4, -0.2) is 36.5 Å². The van der Waals surface area contributed by atoms with Gasteiger partial charge in [0.15, 0.2) is 0 Å². The molecule has 2 fully saturated rings. The summed E-state index contributed by atoms with van der Waals surface area (Å²) in [4.78, 5) is 14.4. The minimum absolute atomic E-state index is 0.0824. The monoisotopic (exact) mass is 316 g/mol. The predicted octanol–water partition coefficient (Wildman–Crippen LogP) is 3.21. The second kappa shape index (κ2) is 7.82. The van der Waals surface area contributed by atoms with Crippen LogP contribution in [0, 0.1) is 5.92 Å². The van der Waals surface area contributed by atoms with Crippen LogP contribution in [0.1, 0.15) is 55.3 Å². The quantitative estimate of drug-likeness (QED) is 0.928. The SMILES string of the molecule is NC1CCCN(C(=O)c2ccc(OCC3CCCCC3)cc2)C1. The van der Waals surface area contributed by atoms with Crippen molar-refractivity contribution in [1.82, 2.24) is 4.90 Å². The molecule has 1 atom stereocenters. The Morgan fingerprint density at radius 1 is 1.09 bits per heavy atom. The molecule has 0 radical (unpaired) electrons. The molecule has 0 spiro atoms. The lowest BCUT2D eigenvalue weighted by Gasteiger charge is -2.30. The van der Waals surface area contributed by atoms with Crippen LogP contribution in [0.4, 0.5) is 0 Å². The first-order chi connectivity index (χ1) is 11.2. The predicted molar refractivity (Wildman–Crippen MR) is 91.6 cm³/mol. The Kier molecular flexibility index (Phi) is 5.55. The number of carbonyl (C=O) groups is 1. The highest BCUT2D eigenvalue weighted by atomic mass is 16.5. The lowest BCUT2D eigenvalue weighted by atomic mass is 9.90. The summed E-state index contributed by atoms with van der Waals surface area (Å²) in [5, 5.41) is 0. The lowest BCUT2D eigenvalue weighted by Crippen LogP contribution is -2.45. The van der Waals surface area contributed by atoms with Gasteiger partial charge in [-0.1, -0.05) is 19.3 Å². The van der Waals surface area contributed by atoms with Gasteiger partial charge in [-0.25, -0.2) is 0 Å². The minimum atomic E-state index is 0.0824. The van der Waals surface area contributed by atoms with Crippen LogP contribution >= 0.6 is 0 Å².